The Balaban J connectivity index is 1.60. The molecule has 7 heteroatoms. The summed E-state index contributed by atoms with van der Waals surface area (Å²) in [6.45, 7) is 7.76. The second-order valence-electron chi connectivity index (χ2n) is 6.30. The van der Waals surface area contributed by atoms with Crippen molar-refractivity contribution in [3.63, 3.8) is 0 Å². The number of carbonyl (C=O) groups is 2. The third kappa shape index (κ3) is 3.37. The van der Waals surface area contributed by atoms with Crippen molar-refractivity contribution in [2.24, 2.45) is 0 Å². The average molecular weight is 333 g/mol. The van der Waals surface area contributed by atoms with E-state index in [-0.39, 0.29) is 0 Å². The number of benzene rings is 1. The second-order valence-corrected chi connectivity index (χ2v) is 6.30. The Morgan fingerprint density at radius 2 is 2.12 bits per heavy atom. The van der Waals surface area contributed by atoms with Gasteiger partial charge in [-0.15, -0.1) is 0 Å². The molecule has 130 valence electrons. The van der Waals surface area contributed by atoms with Gasteiger partial charge in [-0.25, -0.2) is 0 Å². The standard InChI is InChI=1S/C17H23N3O4/c1-12-3-4-14-13(11-12)19-16(22)17(2,24-14)15(21)18-5-6-20-7-9-23-10-8-20/h3-4,11H,5-10H2,1-2H3,(H,18,21)(H,19,22)/t17-/m1/s1. The van der Waals surface area contributed by atoms with E-state index in [1.54, 1.807) is 6.07 Å². The van der Waals surface area contributed by atoms with Crippen LogP contribution in [0, 0.1) is 6.92 Å². The van der Waals surface area contributed by atoms with E-state index >= 15 is 0 Å². The molecular formula is C17H23N3O4. The van der Waals surface area contributed by atoms with Crippen LogP contribution in [0.4, 0.5) is 5.69 Å². The number of ether oxygens (including phenoxy) is 2. The Hall–Kier alpha value is -2.12. The number of aryl methyl sites for hydroxylation is 1. The number of nitrogens with zero attached hydrogens (tertiary/aromatic N) is 1. The van der Waals surface area contributed by atoms with Gasteiger partial charge in [0.25, 0.3) is 17.4 Å². The number of hydrogen-bond acceptors (Lipinski definition) is 5. The normalized spacial score (nSPS) is 23.8. The van der Waals surface area contributed by atoms with Crippen molar-refractivity contribution in [3.8, 4) is 5.75 Å². The van der Waals surface area contributed by atoms with E-state index in [0.29, 0.717) is 31.2 Å². The molecule has 3 rings (SSSR count). The minimum atomic E-state index is -1.56. The monoisotopic (exact) mass is 333 g/mol. The minimum Gasteiger partial charge on any atom is -0.466 e. The fourth-order valence-electron chi connectivity index (χ4n) is 2.81. The number of carbonyl (C=O) groups excluding carboxylic acids is 2. The van der Waals surface area contributed by atoms with Gasteiger partial charge in [-0.3, -0.25) is 14.5 Å². The van der Waals surface area contributed by atoms with Gasteiger partial charge in [0.05, 0.1) is 18.9 Å². The van der Waals surface area contributed by atoms with Crippen molar-refractivity contribution in [1.82, 2.24) is 10.2 Å². The van der Waals surface area contributed by atoms with Crippen LogP contribution < -0.4 is 15.4 Å². The molecule has 0 bridgehead atoms. The highest BCUT2D eigenvalue weighted by Crippen LogP contribution is 2.34. The summed E-state index contributed by atoms with van der Waals surface area (Å²) in [5, 5.41) is 5.57. The van der Waals surface area contributed by atoms with E-state index < -0.39 is 17.4 Å². The summed E-state index contributed by atoms with van der Waals surface area (Å²) >= 11 is 0. The fourth-order valence-corrected chi connectivity index (χ4v) is 2.81. The summed E-state index contributed by atoms with van der Waals surface area (Å²) in [5.41, 5.74) is 0.0441. The highest BCUT2D eigenvalue weighted by atomic mass is 16.5. The number of hydrogen-bond donors (Lipinski definition) is 2. The van der Waals surface area contributed by atoms with Crippen LogP contribution in [0.1, 0.15) is 12.5 Å². The Kier molecular flexibility index (Phi) is 4.73. The number of anilines is 1. The highest BCUT2D eigenvalue weighted by molar-refractivity contribution is 6.15. The van der Waals surface area contributed by atoms with E-state index in [1.165, 1.54) is 6.92 Å². The summed E-state index contributed by atoms with van der Waals surface area (Å²) in [7, 11) is 0. The lowest BCUT2D eigenvalue weighted by atomic mass is 10.0. The van der Waals surface area contributed by atoms with E-state index in [0.717, 1.165) is 25.2 Å². The van der Waals surface area contributed by atoms with Crippen LogP contribution in [0.25, 0.3) is 0 Å². The molecule has 2 aliphatic rings. The number of rotatable bonds is 4. The predicted molar refractivity (Wildman–Crippen MR) is 89.1 cm³/mol. The van der Waals surface area contributed by atoms with Gasteiger partial charge < -0.3 is 20.1 Å². The van der Waals surface area contributed by atoms with E-state index in [2.05, 4.69) is 15.5 Å². The lowest BCUT2D eigenvalue weighted by molar-refractivity contribution is -0.146. The summed E-state index contributed by atoms with van der Waals surface area (Å²) in [4.78, 5) is 27.1. The molecule has 0 unspecified atom stereocenters. The predicted octanol–water partition coefficient (Wildman–Crippen LogP) is 0.533. The van der Waals surface area contributed by atoms with Gasteiger partial charge in [-0.05, 0) is 31.5 Å². The molecule has 1 fully saturated rings. The molecule has 1 aromatic rings. The highest BCUT2D eigenvalue weighted by Gasteiger charge is 2.47. The zero-order chi connectivity index (χ0) is 17.2. The van der Waals surface area contributed by atoms with Gasteiger partial charge in [0, 0.05) is 26.2 Å². The minimum absolute atomic E-state index is 0.431. The summed E-state index contributed by atoms with van der Waals surface area (Å²) in [5.74, 6) is -0.380. The molecule has 2 aliphatic heterocycles. The van der Waals surface area contributed by atoms with Crippen LogP contribution in [-0.2, 0) is 14.3 Å². The van der Waals surface area contributed by atoms with Gasteiger partial charge in [0.15, 0.2) is 0 Å². The van der Waals surface area contributed by atoms with Gasteiger partial charge in [0.2, 0.25) is 0 Å². The third-order valence-electron chi connectivity index (χ3n) is 4.38. The average Bonchev–Trinajstić information content (AvgIpc) is 2.57. The first-order chi connectivity index (χ1) is 11.5. The Morgan fingerprint density at radius 1 is 1.38 bits per heavy atom. The molecule has 1 saturated heterocycles. The topological polar surface area (TPSA) is 79.9 Å². The van der Waals surface area contributed by atoms with E-state index in [4.69, 9.17) is 9.47 Å². The summed E-state index contributed by atoms with van der Waals surface area (Å²) < 4.78 is 11.0. The maximum Gasteiger partial charge on any atom is 0.278 e. The Labute approximate surface area is 141 Å². The number of fused-ring (bicyclic) bond motifs is 1. The maximum absolute atomic E-state index is 12.5. The molecule has 0 radical (unpaired) electrons. The number of morpholine rings is 1. The quantitative estimate of drug-likeness (QED) is 0.786. The molecular weight excluding hydrogens is 310 g/mol. The molecule has 2 amide bonds. The summed E-state index contributed by atoms with van der Waals surface area (Å²) in [6, 6.07) is 5.47. The molecule has 1 aromatic carbocycles. The molecule has 0 aliphatic carbocycles. The number of amides is 2. The van der Waals surface area contributed by atoms with Gasteiger partial charge in [-0.2, -0.15) is 0 Å². The molecule has 0 saturated carbocycles. The Morgan fingerprint density at radius 3 is 2.88 bits per heavy atom. The van der Waals surface area contributed by atoms with Crippen molar-refractivity contribution < 1.29 is 19.1 Å². The molecule has 0 aromatic heterocycles. The fraction of sp³-hybridized carbons (Fsp3) is 0.529. The first-order valence-electron chi connectivity index (χ1n) is 8.18. The molecule has 24 heavy (non-hydrogen) atoms. The van der Waals surface area contributed by atoms with Crippen LogP contribution in [0.15, 0.2) is 18.2 Å². The zero-order valence-electron chi connectivity index (χ0n) is 14.1. The van der Waals surface area contributed by atoms with E-state index in [1.807, 2.05) is 19.1 Å². The van der Waals surface area contributed by atoms with Crippen LogP contribution in [0.5, 0.6) is 5.75 Å². The van der Waals surface area contributed by atoms with Crippen molar-refractivity contribution in [1.29, 1.82) is 0 Å². The SMILES string of the molecule is Cc1ccc2c(c1)NC(=O)[C@@](C)(C(=O)NCCN1CCOCC1)O2. The maximum atomic E-state index is 12.5. The first-order valence-corrected chi connectivity index (χ1v) is 8.18. The molecule has 2 N–H and O–H groups in total. The van der Waals surface area contributed by atoms with Crippen molar-refractivity contribution in [2.45, 2.75) is 19.4 Å². The molecule has 7 nitrogen and oxygen atoms in total. The summed E-state index contributed by atoms with van der Waals surface area (Å²) in [6.07, 6.45) is 0. The van der Waals surface area contributed by atoms with Gasteiger partial charge >= 0.3 is 0 Å². The molecule has 0 spiro atoms. The lowest BCUT2D eigenvalue weighted by Crippen LogP contribution is -2.59. The second kappa shape index (κ2) is 6.78. The lowest BCUT2D eigenvalue weighted by Gasteiger charge is -2.33. The molecule has 2 heterocycles. The van der Waals surface area contributed by atoms with E-state index in [9.17, 15) is 9.59 Å². The van der Waals surface area contributed by atoms with Gasteiger partial charge in [0.1, 0.15) is 5.75 Å². The van der Waals surface area contributed by atoms with Crippen molar-refractivity contribution in [3.05, 3.63) is 23.8 Å². The Bertz CT molecular complexity index is 643. The van der Waals surface area contributed by atoms with Crippen molar-refractivity contribution in [2.75, 3.05) is 44.7 Å². The smallest absolute Gasteiger partial charge is 0.278 e. The number of nitrogens with one attached hydrogen (secondary N) is 2. The molecule has 1 atom stereocenters. The zero-order valence-corrected chi connectivity index (χ0v) is 14.1. The van der Waals surface area contributed by atoms with Crippen LogP contribution >= 0.6 is 0 Å². The largest absolute Gasteiger partial charge is 0.466 e. The third-order valence-corrected chi connectivity index (χ3v) is 4.38. The first kappa shape index (κ1) is 16.7. The van der Waals surface area contributed by atoms with Crippen LogP contribution in [0.3, 0.4) is 0 Å². The van der Waals surface area contributed by atoms with Crippen molar-refractivity contribution >= 4 is 17.5 Å². The van der Waals surface area contributed by atoms with Gasteiger partial charge in [-0.1, -0.05) is 6.07 Å². The van der Waals surface area contributed by atoms with Crippen LogP contribution in [-0.4, -0.2) is 61.7 Å². The van der Waals surface area contributed by atoms with Crippen LogP contribution in [0.2, 0.25) is 0 Å².